The number of benzene rings is 1. The Morgan fingerprint density at radius 2 is 1.89 bits per heavy atom. The molecule has 0 radical (unpaired) electrons. The van der Waals surface area contributed by atoms with E-state index in [2.05, 4.69) is 15.5 Å². The third-order valence-electron chi connectivity index (χ3n) is 2.80. The third kappa shape index (κ3) is 2.88. The molecule has 0 spiro atoms. The Hall–Kier alpha value is -2.43. The number of hydrogen-bond acceptors (Lipinski definition) is 4. The first-order valence-electron chi connectivity index (χ1n) is 5.89. The lowest BCUT2D eigenvalue weighted by atomic mass is 10.1. The van der Waals surface area contributed by atoms with E-state index in [0.29, 0.717) is 28.2 Å². The first-order chi connectivity index (χ1) is 8.97. The highest BCUT2D eigenvalue weighted by molar-refractivity contribution is 6.05. The van der Waals surface area contributed by atoms with Crippen molar-refractivity contribution in [3.63, 3.8) is 0 Å². The Morgan fingerprint density at radius 1 is 1.16 bits per heavy atom. The maximum Gasteiger partial charge on any atom is 0.257 e. The lowest BCUT2D eigenvalue weighted by molar-refractivity contribution is 0.102. The van der Waals surface area contributed by atoms with Gasteiger partial charge in [-0.1, -0.05) is 0 Å². The number of hydrogen-bond donors (Lipinski definition) is 2. The summed E-state index contributed by atoms with van der Waals surface area (Å²) in [5, 5.41) is 20.0. The minimum atomic E-state index is -0.236. The van der Waals surface area contributed by atoms with Gasteiger partial charge in [-0.15, -0.1) is 0 Å². The van der Waals surface area contributed by atoms with Gasteiger partial charge in [0.15, 0.2) is 0 Å². The van der Waals surface area contributed by atoms with Gasteiger partial charge in [0.25, 0.3) is 5.91 Å². The number of phenols is 1. The van der Waals surface area contributed by atoms with E-state index in [9.17, 15) is 9.90 Å². The molecule has 98 valence electrons. The second-order valence-electron chi connectivity index (χ2n) is 4.44. The van der Waals surface area contributed by atoms with Crippen LogP contribution in [-0.4, -0.2) is 21.2 Å². The topological polar surface area (TPSA) is 75.1 Å². The molecule has 1 heterocycles. The molecular weight excluding hydrogens is 242 g/mol. The van der Waals surface area contributed by atoms with Crippen LogP contribution in [0.2, 0.25) is 0 Å². The predicted octanol–water partition coefficient (Wildman–Crippen LogP) is 2.36. The zero-order valence-corrected chi connectivity index (χ0v) is 11.1. The maximum atomic E-state index is 12.1. The number of nitrogens with one attached hydrogen (secondary N) is 1. The molecule has 5 nitrogen and oxygen atoms in total. The normalized spacial score (nSPS) is 10.3. The number of phenolic OH excluding ortho intramolecular Hbond substituents is 1. The standard InChI is InChI=1S/C14H15N3O2/c1-8-6-11(4-5-13(8)18)15-14(19)12-7-9(2)16-17-10(12)3/h4-7,18H,1-3H3,(H,15,19). The third-order valence-corrected chi connectivity index (χ3v) is 2.80. The van der Waals surface area contributed by atoms with Gasteiger partial charge < -0.3 is 10.4 Å². The molecule has 1 aromatic carbocycles. The molecule has 0 aliphatic rings. The van der Waals surface area contributed by atoms with Crippen molar-refractivity contribution in [3.05, 3.63) is 46.8 Å². The lowest BCUT2D eigenvalue weighted by Crippen LogP contribution is -2.15. The van der Waals surface area contributed by atoms with Gasteiger partial charge in [0.05, 0.1) is 17.0 Å². The van der Waals surface area contributed by atoms with Gasteiger partial charge in [-0.3, -0.25) is 4.79 Å². The fourth-order valence-electron chi connectivity index (χ4n) is 1.71. The van der Waals surface area contributed by atoms with Crippen molar-refractivity contribution in [1.29, 1.82) is 0 Å². The second-order valence-corrected chi connectivity index (χ2v) is 4.44. The van der Waals surface area contributed by atoms with E-state index in [4.69, 9.17) is 0 Å². The van der Waals surface area contributed by atoms with Crippen LogP contribution in [0.4, 0.5) is 5.69 Å². The van der Waals surface area contributed by atoms with Crippen LogP contribution in [0.1, 0.15) is 27.3 Å². The van der Waals surface area contributed by atoms with Crippen molar-refractivity contribution in [1.82, 2.24) is 10.2 Å². The van der Waals surface area contributed by atoms with Gasteiger partial charge >= 0.3 is 0 Å². The van der Waals surface area contributed by atoms with E-state index in [-0.39, 0.29) is 11.7 Å². The van der Waals surface area contributed by atoms with Gasteiger partial charge in [0.2, 0.25) is 0 Å². The fraction of sp³-hybridized carbons (Fsp3) is 0.214. The molecule has 0 aliphatic heterocycles. The monoisotopic (exact) mass is 257 g/mol. The molecular formula is C14H15N3O2. The number of nitrogens with zero attached hydrogens (tertiary/aromatic N) is 2. The van der Waals surface area contributed by atoms with Gasteiger partial charge in [-0.25, -0.2) is 0 Å². The van der Waals surface area contributed by atoms with Crippen molar-refractivity contribution in [2.45, 2.75) is 20.8 Å². The minimum absolute atomic E-state index is 0.204. The van der Waals surface area contributed by atoms with Crippen LogP contribution in [0.5, 0.6) is 5.75 Å². The van der Waals surface area contributed by atoms with Gasteiger partial charge in [0, 0.05) is 5.69 Å². The van der Waals surface area contributed by atoms with Crippen molar-refractivity contribution in [3.8, 4) is 5.75 Å². The summed E-state index contributed by atoms with van der Waals surface area (Å²) in [6.07, 6.45) is 0. The molecule has 1 aromatic heterocycles. The molecule has 19 heavy (non-hydrogen) atoms. The van der Waals surface area contributed by atoms with E-state index in [1.807, 2.05) is 0 Å². The van der Waals surface area contributed by atoms with Crippen molar-refractivity contribution in [2.75, 3.05) is 5.32 Å². The molecule has 0 aliphatic carbocycles. The van der Waals surface area contributed by atoms with Crippen LogP contribution in [0.25, 0.3) is 0 Å². The second kappa shape index (κ2) is 5.06. The number of aromatic hydroxyl groups is 1. The van der Waals surface area contributed by atoms with Gasteiger partial charge in [-0.05, 0) is 50.6 Å². The van der Waals surface area contributed by atoms with E-state index < -0.39 is 0 Å². The van der Waals surface area contributed by atoms with Crippen LogP contribution >= 0.6 is 0 Å². The predicted molar refractivity (Wildman–Crippen MR) is 72.3 cm³/mol. The molecule has 0 atom stereocenters. The molecule has 5 heteroatoms. The Labute approximate surface area is 111 Å². The number of aromatic nitrogens is 2. The summed E-state index contributed by atoms with van der Waals surface area (Å²) in [5.74, 6) is -0.0313. The summed E-state index contributed by atoms with van der Waals surface area (Å²) in [5.41, 5.74) is 3.11. The number of aryl methyl sites for hydroxylation is 3. The summed E-state index contributed by atoms with van der Waals surface area (Å²) in [6, 6.07) is 6.61. The highest BCUT2D eigenvalue weighted by Gasteiger charge is 2.11. The molecule has 1 amide bonds. The summed E-state index contributed by atoms with van der Waals surface area (Å²) in [6.45, 7) is 5.30. The van der Waals surface area contributed by atoms with Crippen LogP contribution < -0.4 is 5.32 Å². The first-order valence-corrected chi connectivity index (χ1v) is 5.89. The number of anilines is 1. The van der Waals surface area contributed by atoms with E-state index >= 15 is 0 Å². The Kier molecular flexibility index (Phi) is 3.46. The fourth-order valence-corrected chi connectivity index (χ4v) is 1.71. The molecule has 0 saturated heterocycles. The van der Waals surface area contributed by atoms with E-state index in [0.717, 1.165) is 0 Å². The van der Waals surface area contributed by atoms with Crippen molar-refractivity contribution >= 4 is 11.6 Å². The molecule has 0 saturated carbocycles. The number of rotatable bonds is 2. The maximum absolute atomic E-state index is 12.1. The molecule has 2 rings (SSSR count). The zero-order valence-electron chi connectivity index (χ0n) is 11.1. The van der Waals surface area contributed by atoms with Crippen molar-refractivity contribution < 1.29 is 9.90 Å². The van der Waals surface area contributed by atoms with Gasteiger partial charge in [-0.2, -0.15) is 10.2 Å². The molecule has 2 N–H and O–H groups in total. The number of carbonyl (C=O) groups is 1. The summed E-state index contributed by atoms with van der Waals surface area (Å²) >= 11 is 0. The molecule has 0 fully saturated rings. The summed E-state index contributed by atoms with van der Waals surface area (Å²) in [4.78, 5) is 12.1. The largest absolute Gasteiger partial charge is 0.508 e. The Morgan fingerprint density at radius 3 is 2.58 bits per heavy atom. The average Bonchev–Trinajstić information content (AvgIpc) is 2.36. The smallest absolute Gasteiger partial charge is 0.257 e. The van der Waals surface area contributed by atoms with E-state index in [1.165, 1.54) is 0 Å². The number of carbonyl (C=O) groups excluding carboxylic acids is 1. The van der Waals surface area contributed by atoms with E-state index in [1.54, 1.807) is 45.0 Å². The highest BCUT2D eigenvalue weighted by atomic mass is 16.3. The van der Waals surface area contributed by atoms with Crippen LogP contribution in [0, 0.1) is 20.8 Å². The van der Waals surface area contributed by atoms with Crippen LogP contribution in [0.3, 0.4) is 0 Å². The Bertz CT molecular complexity index is 639. The zero-order chi connectivity index (χ0) is 14.0. The van der Waals surface area contributed by atoms with Crippen LogP contribution in [-0.2, 0) is 0 Å². The quantitative estimate of drug-likeness (QED) is 0.810. The summed E-state index contributed by atoms with van der Waals surface area (Å²) < 4.78 is 0. The molecule has 0 unspecified atom stereocenters. The SMILES string of the molecule is Cc1cc(C(=O)Nc2ccc(O)c(C)c2)c(C)nn1. The lowest BCUT2D eigenvalue weighted by Gasteiger charge is -2.08. The Balaban J connectivity index is 2.25. The minimum Gasteiger partial charge on any atom is -0.508 e. The van der Waals surface area contributed by atoms with Crippen LogP contribution in [0.15, 0.2) is 24.3 Å². The average molecular weight is 257 g/mol. The molecule has 0 bridgehead atoms. The highest BCUT2D eigenvalue weighted by Crippen LogP contribution is 2.20. The number of amides is 1. The van der Waals surface area contributed by atoms with Gasteiger partial charge in [0.1, 0.15) is 5.75 Å². The molecule has 2 aromatic rings. The summed E-state index contributed by atoms with van der Waals surface area (Å²) in [7, 11) is 0. The van der Waals surface area contributed by atoms with Crippen molar-refractivity contribution in [2.24, 2.45) is 0 Å². The first kappa shape index (κ1) is 13.0.